The lowest BCUT2D eigenvalue weighted by Gasteiger charge is -2.14. The van der Waals surface area contributed by atoms with Crippen LogP contribution in [0.25, 0.3) is 11.1 Å². The normalized spacial score (nSPS) is 10.8. The van der Waals surface area contributed by atoms with Crippen LogP contribution >= 0.6 is 0 Å². The first kappa shape index (κ1) is 17.9. The van der Waals surface area contributed by atoms with E-state index in [1.54, 1.807) is 38.1 Å². The van der Waals surface area contributed by atoms with Crippen molar-refractivity contribution in [2.45, 2.75) is 20.4 Å². The molecule has 0 aromatic heterocycles. The number of hydrogen-bond donors (Lipinski definition) is 2. The van der Waals surface area contributed by atoms with Crippen molar-refractivity contribution in [3.8, 4) is 16.9 Å². The molecule has 0 bridgehead atoms. The van der Waals surface area contributed by atoms with Gasteiger partial charge in [-0.2, -0.15) is 0 Å². The molecule has 3 aromatic carbocycles. The third kappa shape index (κ3) is 3.52. The molecule has 134 valence electrons. The number of aryl methyl sites for hydroxylation is 1. The maximum atomic E-state index is 14.5. The number of nitrogens with one attached hydrogen (secondary N) is 1. The van der Waals surface area contributed by atoms with Crippen LogP contribution in [0.3, 0.4) is 0 Å². The maximum absolute atomic E-state index is 14.5. The Bertz CT molecular complexity index is 970. The van der Waals surface area contributed by atoms with Crippen LogP contribution in [-0.2, 0) is 6.54 Å². The molecular formula is C21H18F3NO. The Morgan fingerprint density at radius 3 is 2.42 bits per heavy atom. The summed E-state index contributed by atoms with van der Waals surface area (Å²) in [6.07, 6.45) is 0. The molecule has 2 nitrogen and oxygen atoms in total. The van der Waals surface area contributed by atoms with Gasteiger partial charge in [-0.15, -0.1) is 0 Å². The number of phenols is 1. The van der Waals surface area contributed by atoms with E-state index in [4.69, 9.17) is 0 Å². The lowest BCUT2D eigenvalue weighted by atomic mass is 9.99. The van der Waals surface area contributed by atoms with Crippen molar-refractivity contribution >= 4 is 5.69 Å². The van der Waals surface area contributed by atoms with E-state index < -0.39 is 11.6 Å². The van der Waals surface area contributed by atoms with E-state index in [9.17, 15) is 18.3 Å². The van der Waals surface area contributed by atoms with Gasteiger partial charge in [-0.25, -0.2) is 13.2 Å². The summed E-state index contributed by atoms with van der Waals surface area (Å²) >= 11 is 0. The second-order valence-corrected chi connectivity index (χ2v) is 6.20. The molecule has 0 aliphatic rings. The summed E-state index contributed by atoms with van der Waals surface area (Å²) in [6.45, 7) is 3.23. The smallest absolute Gasteiger partial charge is 0.146 e. The van der Waals surface area contributed by atoms with Crippen molar-refractivity contribution in [3.05, 3.63) is 82.7 Å². The predicted octanol–water partition coefficient (Wildman–Crippen LogP) is 5.71. The molecule has 0 aliphatic heterocycles. The third-order valence-corrected chi connectivity index (χ3v) is 4.33. The topological polar surface area (TPSA) is 32.3 Å². The minimum Gasteiger partial charge on any atom is -0.508 e. The molecule has 0 saturated carbocycles. The average molecular weight is 357 g/mol. The predicted molar refractivity (Wildman–Crippen MR) is 96.7 cm³/mol. The van der Waals surface area contributed by atoms with E-state index in [0.29, 0.717) is 27.8 Å². The van der Waals surface area contributed by atoms with Crippen LogP contribution in [0.1, 0.15) is 16.7 Å². The van der Waals surface area contributed by atoms with E-state index in [0.717, 1.165) is 6.07 Å². The number of halogens is 3. The average Bonchev–Trinajstić information content (AvgIpc) is 2.61. The molecule has 0 aliphatic carbocycles. The largest absolute Gasteiger partial charge is 0.508 e. The van der Waals surface area contributed by atoms with Gasteiger partial charge >= 0.3 is 0 Å². The summed E-state index contributed by atoms with van der Waals surface area (Å²) in [5.74, 6) is -1.35. The zero-order chi connectivity index (χ0) is 18.8. The van der Waals surface area contributed by atoms with Gasteiger partial charge < -0.3 is 10.4 Å². The Labute approximate surface area is 149 Å². The Hall–Kier alpha value is -2.95. The quantitative estimate of drug-likeness (QED) is 0.627. The second-order valence-electron chi connectivity index (χ2n) is 6.20. The first-order valence-corrected chi connectivity index (χ1v) is 8.13. The number of hydrogen-bond acceptors (Lipinski definition) is 2. The zero-order valence-corrected chi connectivity index (χ0v) is 14.4. The highest BCUT2D eigenvalue weighted by Gasteiger charge is 2.13. The summed E-state index contributed by atoms with van der Waals surface area (Å²) < 4.78 is 42.0. The van der Waals surface area contributed by atoms with Crippen molar-refractivity contribution < 1.29 is 18.3 Å². The fourth-order valence-corrected chi connectivity index (χ4v) is 2.87. The minimum atomic E-state index is -0.529. The Morgan fingerprint density at radius 2 is 1.69 bits per heavy atom. The molecule has 2 N–H and O–H groups in total. The van der Waals surface area contributed by atoms with Crippen molar-refractivity contribution in [3.63, 3.8) is 0 Å². The molecule has 0 saturated heterocycles. The summed E-state index contributed by atoms with van der Waals surface area (Å²) in [7, 11) is 0. The van der Waals surface area contributed by atoms with E-state index in [-0.39, 0.29) is 23.8 Å². The summed E-state index contributed by atoms with van der Waals surface area (Å²) in [6, 6.07) is 11.7. The lowest BCUT2D eigenvalue weighted by molar-refractivity contribution is 0.469. The highest BCUT2D eigenvalue weighted by Crippen LogP contribution is 2.29. The first-order valence-electron chi connectivity index (χ1n) is 8.13. The number of aromatic hydroxyl groups is 1. The van der Waals surface area contributed by atoms with Crippen LogP contribution in [0.5, 0.6) is 5.75 Å². The number of rotatable bonds is 4. The molecule has 0 unspecified atom stereocenters. The maximum Gasteiger partial charge on any atom is 0.146 e. The molecule has 0 fully saturated rings. The molecule has 0 amide bonds. The van der Waals surface area contributed by atoms with Crippen molar-refractivity contribution in [2.75, 3.05) is 5.32 Å². The van der Waals surface area contributed by atoms with E-state index in [1.165, 1.54) is 18.2 Å². The molecular weight excluding hydrogens is 339 g/mol. The highest BCUT2D eigenvalue weighted by atomic mass is 19.1. The molecule has 0 spiro atoms. The molecule has 0 radical (unpaired) electrons. The third-order valence-electron chi connectivity index (χ3n) is 4.33. The fourth-order valence-electron chi connectivity index (χ4n) is 2.87. The minimum absolute atomic E-state index is 0.0248. The van der Waals surface area contributed by atoms with Crippen LogP contribution in [0.2, 0.25) is 0 Å². The number of anilines is 1. The van der Waals surface area contributed by atoms with Gasteiger partial charge in [0, 0.05) is 17.7 Å². The fraction of sp³-hybridized carbons (Fsp3) is 0.143. The Morgan fingerprint density at radius 1 is 0.923 bits per heavy atom. The van der Waals surface area contributed by atoms with Crippen LogP contribution < -0.4 is 5.32 Å². The van der Waals surface area contributed by atoms with Crippen molar-refractivity contribution in [1.82, 2.24) is 0 Å². The van der Waals surface area contributed by atoms with E-state index >= 15 is 0 Å². The molecule has 26 heavy (non-hydrogen) atoms. The summed E-state index contributed by atoms with van der Waals surface area (Å²) in [5, 5.41) is 12.6. The monoisotopic (exact) mass is 357 g/mol. The van der Waals surface area contributed by atoms with Gasteiger partial charge in [0.2, 0.25) is 0 Å². The highest BCUT2D eigenvalue weighted by molar-refractivity contribution is 5.66. The second kappa shape index (κ2) is 7.12. The van der Waals surface area contributed by atoms with Gasteiger partial charge in [-0.1, -0.05) is 12.1 Å². The molecule has 3 rings (SSSR count). The van der Waals surface area contributed by atoms with Gasteiger partial charge in [0.05, 0.1) is 5.69 Å². The molecule has 0 atom stereocenters. The van der Waals surface area contributed by atoms with Gasteiger partial charge in [-0.3, -0.25) is 0 Å². The summed E-state index contributed by atoms with van der Waals surface area (Å²) in [5.41, 5.74) is 2.52. The van der Waals surface area contributed by atoms with Crippen LogP contribution in [0.4, 0.5) is 18.9 Å². The zero-order valence-electron chi connectivity index (χ0n) is 14.4. The van der Waals surface area contributed by atoms with Gasteiger partial charge in [0.1, 0.15) is 23.2 Å². The van der Waals surface area contributed by atoms with Gasteiger partial charge in [0.25, 0.3) is 0 Å². The Kier molecular flexibility index (Phi) is 4.89. The number of phenolic OH excluding ortho intramolecular Hbond substituents is 1. The van der Waals surface area contributed by atoms with Crippen LogP contribution in [0.15, 0.2) is 48.5 Å². The van der Waals surface area contributed by atoms with E-state index in [1.807, 2.05) is 0 Å². The van der Waals surface area contributed by atoms with Crippen LogP contribution in [0, 0.1) is 31.3 Å². The number of benzene rings is 3. The van der Waals surface area contributed by atoms with Crippen LogP contribution in [-0.4, -0.2) is 5.11 Å². The standard InChI is InChI=1S/C21H18F3NO/c1-12-8-15(14-4-3-5-17(22)10-14)9-16(20(12)24)11-25-21-13(2)19(26)7-6-18(21)23/h3-10,25-26H,11H2,1-2H3. The Balaban J connectivity index is 1.95. The van der Waals surface area contributed by atoms with Gasteiger partial charge in [0.15, 0.2) is 0 Å². The van der Waals surface area contributed by atoms with Gasteiger partial charge in [-0.05, 0) is 66.9 Å². The molecule has 5 heteroatoms. The molecule has 0 heterocycles. The van der Waals surface area contributed by atoms with E-state index in [2.05, 4.69) is 5.32 Å². The SMILES string of the molecule is Cc1cc(-c2cccc(F)c2)cc(CNc2c(F)ccc(O)c2C)c1F. The van der Waals surface area contributed by atoms with Crippen molar-refractivity contribution in [1.29, 1.82) is 0 Å². The molecule has 3 aromatic rings. The first-order chi connectivity index (χ1) is 12.4. The summed E-state index contributed by atoms with van der Waals surface area (Å²) in [4.78, 5) is 0. The van der Waals surface area contributed by atoms with Crippen molar-refractivity contribution in [2.24, 2.45) is 0 Å². The lowest BCUT2D eigenvalue weighted by Crippen LogP contribution is -2.06.